The monoisotopic (exact) mass is 1060 g/mol. The van der Waals surface area contributed by atoms with Crippen LogP contribution in [0.5, 0.6) is 0 Å². The van der Waals surface area contributed by atoms with Crippen LogP contribution >= 0.6 is 7.82 Å². The first-order chi connectivity index (χ1) is 36.2. The van der Waals surface area contributed by atoms with Gasteiger partial charge in [0.2, 0.25) is 0 Å². The highest BCUT2D eigenvalue weighted by Gasteiger charge is 2.28. The van der Waals surface area contributed by atoms with E-state index in [0.29, 0.717) is 25.7 Å². The van der Waals surface area contributed by atoms with Gasteiger partial charge in [0.25, 0.3) is 0 Å². The molecule has 0 aliphatic heterocycles. The van der Waals surface area contributed by atoms with Crippen LogP contribution in [0.25, 0.3) is 0 Å². The van der Waals surface area contributed by atoms with Crippen molar-refractivity contribution >= 4 is 25.7 Å². The first kappa shape index (κ1) is 70.7. The van der Waals surface area contributed by atoms with Crippen LogP contribution in [-0.4, -0.2) is 66.5 Å². The number of rotatable bonds is 54. The molecule has 3 atom stereocenters. The third kappa shape index (κ3) is 53.5. The highest BCUT2D eigenvalue weighted by Crippen LogP contribution is 2.43. The molecule has 0 saturated heterocycles. The summed E-state index contributed by atoms with van der Waals surface area (Å²) >= 11 is 0. The SMILES string of the molecule is CC/C=C\C/C=C\C/C=C\C/C=C\C/C=C\C/C=C\CCC(=O)OC(COC(=O)CCCCCCCCC/C=C\CCCCCCCC)COP(=O)(O)OCC(CO)OC(=O)CCCCCCCCCCCCC. The Morgan fingerprint density at radius 3 is 1.16 bits per heavy atom. The number of hydrogen-bond acceptors (Lipinski definition) is 10. The van der Waals surface area contributed by atoms with Crippen molar-refractivity contribution in [2.24, 2.45) is 0 Å². The quantitative estimate of drug-likeness (QED) is 0.0197. The summed E-state index contributed by atoms with van der Waals surface area (Å²) in [5, 5.41) is 9.80. The zero-order valence-electron chi connectivity index (χ0n) is 47.0. The van der Waals surface area contributed by atoms with Crippen molar-refractivity contribution in [3.05, 3.63) is 85.1 Å². The molecule has 0 aromatic heterocycles. The maximum Gasteiger partial charge on any atom is 0.472 e. The number of esters is 3. The summed E-state index contributed by atoms with van der Waals surface area (Å²) in [6, 6.07) is 0. The standard InChI is InChI=1S/C62H107O11P/c1-4-7-10-13-16-19-22-24-26-28-29-31-33-35-38-41-44-47-50-53-62(66)73-59(55-69-60(64)51-48-45-42-39-37-34-32-30-27-25-23-20-17-14-11-8-5-2)57-71-74(67,68)70-56-58(54-63)72-61(65)52-49-46-43-40-36-21-18-15-12-9-6-3/h7,10,16,19,24-27,29,31,35,38,44,47,58-59,63H,4-6,8-9,11-15,17-18,20-23,28,30,32-34,36-37,39-43,45-46,48-57H2,1-3H3,(H,67,68)/b10-7-,19-16-,26-24-,27-25-,31-29-,38-35-,47-44-. The lowest BCUT2D eigenvalue weighted by Gasteiger charge is -2.21. The van der Waals surface area contributed by atoms with E-state index in [9.17, 15) is 28.9 Å². The smallest absolute Gasteiger partial charge is 0.462 e. The molecule has 0 aromatic carbocycles. The Morgan fingerprint density at radius 2 is 0.730 bits per heavy atom. The number of unbranched alkanes of at least 4 members (excludes halogenated alkanes) is 23. The molecule has 0 saturated carbocycles. The molecular weight excluding hydrogens is 952 g/mol. The minimum Gasteiger partial charge on any atom is -0.462 e. The molecule has 0 fully saturated rings. The van der Waals surface area contributed by atoms with E-state index in [1.54, 1.807) is 0 Å². The van der Waals surface area contributed by atoms with Gasteiger partial charge in [-0.1, -0.05) is 234 Å². The summed E-state index contributed by atoms with van der Waals surface area (Å²) in [6.45, 7) is 4.44. The van der Waals surface area contributed by atoms with Crippen molar-refractivity contribution in [1.29, 1.82) is 0 Å². The number of phosphoric acid groups is 1. The molecule has 3 unspecified atom stereocenters. The van der Waals surface area contributed by atoms with Crippen molar-refractivity contribution in [2.75, 3.05) is 26.4 Å². The van der Waals surface area contributed by atoms with E-state index in [0.717, 1.165) is 77.0 Å². The van der Waals surface area contributed by atoms with Crippen molar-refractivity contribution in [3.63, 3.8) is 0 Å². The van der Waals surface area contributed by atoms with Crippen LogP contribution in [0.2, 0.25) is 0 Å². The maximum absolute atomic E-state index is 12.9. The molecule has 0 rings (SSSR count). The van der Waals surface area contributed by atoms with E-state index in [1.165, 1.54) is 109 Å². The van der Waals surface area contributed by atoms with Crippen LogP contribution < -0.4 is 0 Å². The summed E-state index contributed by atoms with van der Waals surface area (Å²) in [6.07, 6.45) is 64.2. The summed E-state index contributed by atoms with van der Waals surface area (Å²) in [4.78, 5) is 48.5. The van der Waals surface area contributed by atoms with E-state index < -0.39 is 57.8 Å². The molecule has 11 nitrogen and oxygen atoms in total. The number of carbonyl (C=O) groups is 3. The van der Waals surface area contributed by atoms with Gasteiger partial charge >= 0.3 is 25.7 Å². The molecule has 0 aliphatic carbocycles. The number of phosphoric ester groups is 1. The highest BCUT2D eigenvalue weighted by molar-refractivity contribution is 7.47. The molecule has 2 N–H and O–H groups in total. The van der Waals surface area contributed by atoms with Crippen LogP contribution in [0.15, 0.2) is 85.1 Å². The predicted octanol–water partition coefficient (Wildman–Crippen LogP) is 17.5. The van der Waals surface area contributed by atoms with Crippen molar-refractivity contribution in [3.8, 4) is 0 Å². The number of aliphatic hydroxyl groups excluding tert-OH is 1. The topological polar surface area (TPSA) is 155 Å². The number of hydrogen-bond donors (Lipinski definition) is 2. The van der Waals surface area contributed by atoms with Gasteiger partial charge in [-0.25, -0.2) is 4.57 Å². The molecule has 12 heteroatoms. The molecule has 74 heavy (non-hydrogen) atoms. The first-order valence-electron chi connectivity index (χ1n) is 29.5. The average Bonchev–Trinajstić information content (AvgIpc) is 3.39. The van der Waals surface area contributed by atoms with Crippen molar-refractivity contribution in [1.82, 2.24) is 0 Å². The lowest BCUT2D eigenvalue weighted by Crippen LogP contribution is -2.30. The third-order valence-electron chi connectivity index (χ3n) is 12.3. The zero-order valence-corrected chi connectivity index (χ0v) is 47.9. The van der Waals surface area contributed by atoms with E-state index in [2.05, 4.69) is 93.7 Å². The maximum atomic E-state index is 12.9. The van der Waals surface area contributed by atoms with E-state index in [1.807, 2.05) is 12.2 Å². The number of aliphatic hydroxyl groups is 1. The molecule has 0 heterocycles. The second-order valence-electron chi connectivity index (χ2n) is 19.4. The second kappa shape index (κ2) is 55.9. The summed E-state index contributed by atoms with van der Waals surface area (Å²) in [7, 11) is -4.77. The van der Waals surface area contributed by atoms with Crippen molar-refractivity contribution in [2.45, 2.75) is 264 Å². The summed E-state index contributed by atoms with van der Waals surface area (Å²) in [5.41, 5.74) is 0. The normalized spacial score (nSPS) is 14.0. The number of allylic oxidation sites excluding steroid dienone is 14. The molecule has 0 spiro atoms. The fraction of sp³-hybridized carbons (Fsp3) is 0.726. The molecule has 0 aliphatic rings. The van der Waals surface area contributed by atoms with Gasteiger partial charge in [-0.05, 0) is 83.5 Å². The number of carbonyl (C=O) groups excluding carboxylic acids is 3. The van der Waals surface area contributed by atoms with Gasteiger partial charge in [-0.3, -0.25) is 23.4 Å². The van der Waals surface area contributed by atoms with E-state index >= 15 is 0 Å². The zero-order chi connectivity index (χ0) is 54.1. The van der Waals surface area contributed by atoms with Crippen LogP contribution in [-0.2, 0) is 42.2 Å². The van der Waals surface area contributed by atoms with Gasteiger partial charge in [0, 0.05) is 19.3 Å². The van der Waals surface area contributed by atoms with Gasteiger partial charge in [0.05, 0.1) is 19.8 Å². The fourth-order valence-corrected chi connectivity index (χ4v) is 8.63. The molecule has 426 valence electrons. The van der Waals surface area contributed by atoms with Crippen molar-refractivity contribution < 1.29 is 52.2 Å². The Balaban J connectivity index is 4.84. The van der Waals surface area contributed by atoms with Crippen LogP contribution in [0.3, 0.4) is 0 Å². The van der Waals surface area contributed by atoms with Gasteiger partial charge in [0.1, 0.15) is 12.7 Å². The molecule has 0 amide bonds. The fourth-order valence-electron chi connectivity index (χ4n) is 7.85. The second-order valence-corrected chi connectivity index (χ2v) is 20.9. The van der Waals surface area contributed by atoms with Crippen LogP contribution in [0, 0.1) is 0 Å². The van der Waals surface area contributed by atoms with E-state index in [4.69, 9.17) is 23.3 Å². The Hall–Kier alpha value is -3.34. The Kier molecular flexibility index (Phi) is 53.4. The van der Waals surface area contributed by atoms with Gasteiger partial charge in [-0.15, -0.1) is 0 Å². The summed E-state index contributed by atoms with van der Waals surface area (Å²) < 4.78 is 39.4. The largest absolute Gasteiger partial charge is 0.472 e. The molecule has 0 aromatic rings. The third-order valence-corrected chi connectivity index (χ3v) is 13.3. The Bertz CT molecular complexity index is 1560. The number of ether oxygens (including phenoxy) is 3. The van der Waals surface area contributed by atoms with Crippen LogP contribution in [0.1, 0.15) is 252 Å². The Morgan fingerprint density at radius 1 is 0.392 bits per heavy atom. The molecule has 0 bridgehead atoms. The van der Waals surface area contributed by atoms with Gasteiger partial charge in [-0.2, -0.15) is 0 Å². The highest BCUT2D eigenvalue weighted by atomic mass is 31.2. The van der Waals surface area contributed by atoms with Gasteiger partial charge < -0.3 is 24.2 Å². The minimum atomic E-state index is -4.77. The van der Waals surface area contributed by atoms with E-state index in [-0.39, 0.29) is 25.9 Å². The minimum absolute atomic E-state index is 0.0403. The Labute approximate surface area is 451 Å². The molecule has 0 radical (unpaired) electrons. The summed E-state index contributed by atoms with van der Waals surface area (Å²) in [5.74, 6) is -1.57. The first-order valence-corrected chi connectivity index (χ1v) is 31.0. The molecular formula is C62H107O11P. The average molecular weight is 1060 g/mol. The van der Waals surface area contributed by atoms with Gasteiger partial charge in [0.15, 0.2) is 6.10 Å². The van der Waals surface area contributed by atoms with Crippen LogP contribution in [0.4, 0.5) is 0 Å². The lowest BCUT2D eigenvalue weighted by atomic mass is 10.1. The lowest BCUT2D eigenvalue weighted by molar-refractivity contribution is -0.161. The predicted molar refractivity (Wildman–Crippen MR) is 307 cm³/mol.